The first-order valence-electron chi connectivity index (χ1n) is 4.13. The number of benzene rings is 1. The van der Waals surface area contributed by atoms with E-state index in [4.69, 9.17) is 10.2 Å². The molecule has 0 radical (unpaired) electrons. The summed E-state index contributed by atoms with van der Waals surface area (Å²) in [6.45, 7) is 1.39. The van der Waals surface area contributed by atoms with Crippen molar-refractivity contribution in [2.75, 3.05) is 6.61 Å². The van der Waals surface area contributed by atoms with Gasteiger partial charge in [-0.3, -0.25) is 0 Å². The first-order chi connectivity index (χ1) is 6.57. The van der Waals surface area contributed by atoms with Crippen molar-refractivity contribution in [1.82, 2.24) is 0 Å². The quantitative estimate of drug-likeness (QED) is 0.505. The van der Waals surface area contributed by atoms with E-state index in [2.05, 4.69) is 0 Å². The Morgan fingerprint density at radius 1 is 1.40 bits per heavy atom. The summed E-state index contributed by atoms with van der Waals surface area (Å²) in [4.78, 5) is 10.1. The number of aromatic carboxylic acids is 1. The minimum atomic E-state index is -1.13. The molecule has 1 atom stereocenters. The summed E-state index contributed by atoms with van der Waals surface area (Å²) in [5.41, 5.74) is 0.220. The monoisotopic (exact) mass is 220 g/mol. The number of hydrogen-bond donors (Lipinski definition) is 2. The van der Waals surface area contributed by atoms with E-state index in [1.54, 1.807) is 18.2 Å². The van der Waals surface area contributed by atoms with Gasteiger partial charge >= 0.3 is 29.6 Å². The second kappa shape index (κ2) is 10.1. The van der Waals surface area contributed by atoms with Gasteiger partial charge < -0.3 is 20.1 Å². The van der Waals surface area contributed by atoms with E-state index >= 15 is 0 Å². The molecule has 1 unspecified atom stereocenters. The molecule has 4 nitrogen and oxygen atoms in total. The normalized spacial score (nSPS) is 10.3. The van der Waals surface area contributed by atoms with Gasteiger partial charge in [0, 0.05) is 0 Å². The molecular formula is C10H13NaO4. The van der Waals surface area contributed by atoms with Crippen molar-refractivity contribution in [3.05, 3.63) is 35.9 Å². The fourth-order valence-corrected chi connectivity index (χ4v) is 0.574. The fourth-order valence-electron chi connectivity index (χ4n) is 0.574. The zero-order chi connectivity index (χ0) is 11.0. The van der Waals surface area contributed by atoms with Gasteiger partial charge in [0.25, 0.3) is 0 Å². The van der Waals surface area contributed by atoms with Crippen LogP contribution in [0, 0.1) is 0 Å². The third kappa shape index (κ3) is 9.90. The molecule has 0 bridgehead atoms. The fraction of sp³-hybridized carbons (Fsp3) is 0.300. The van der Waals surface area contributed by atoms with Crippen LogP contribution in [0.25, 0.3) is 0 Å². The average Bonchev–Trinajstić information content (AvgIpc) is 2.20. The number of carboxylic acid groups (broad SMARTS) is 1. The Bertz CT molecular complexity index is 261. The second-order valence-corrected chi connectivity index (χ2v) is 2.69. The summed E-state index contributed by atoms with van der Waals surface area (Å²) in [7, 11) is 0. The van der Waals surface area contributed by atoms with Gasteiger partial charge in [0.2, 0.25) is 0 Å². The predicted octanol–water partition coefficient (Wildman–Crippen LogP) is -3.59. The van der Waals surface area contributed by atoms with Crippen LogP contribution in [0.3, 0.4) is 0 Å². The smallest absolute Gasteiger partial charge is 0.545 e. The van der Waals surface area contributed by atoms with Crippen LogP contribution in [0.15, 0.2) is 30.3 Å². The van der Waals surface area contributed by atoms with Gasteiger partial charge in [-0.25, -0.2) is 0 Å². The average molecular weight is 220 g/mol. The van der Waals surface area contributed by atoms with Gasteiger partial charge in [0.1, 0.15) is 0 Å². The Balaban J connectivity index is 0. The Morgan fingerprint density at radius 3 is 2.00 bits per heavy atom. The Hall–Kier alpha value is -0.390. The molecule has 0 fully saturated rings. The molecule has 15 heavy (non-hydrogen) atoms. The summed E-state index contributed by atoms with van der Waals surface area (Å²) in [5, 5.41) is 26.1. The van der Waals surface area contributed by atoms with Crippen LogP contribution in [0.2, 0.25) is 0 Å². The van der Waals surface area contributed by atoms with Crippen molar-refractivity contribution in [2.24, 2.45) is 0 Å². The molecule has 0 aromatic heterocycles. The zero-order valence-electron chi connectivity index (χ0n) is 8.88. The standard InChI is InChI=1S/C7H6O2.C3H8O2.Na/c8-7(9)6-4-2-1-3-5-6;1-3(5)2-4;/h1-5H,(H,8,9);3-5H,2H2,1H3;/q;;+1/p-1. The molecule has 0 aliphatic heterocycles. The molecule has 0 amide bonds. The van der Waals surface area contributed by atoms with E-state index in [1.165, 1.54) is 19.1 Å². The third-order valence-corrected chi connectivity index (χ3v) is 1.27. The van der Waals surface area contributed by atoms with Gasteiger partial charge in [-0.15, -0.1) is 0 Å². The minimum Gasteiger partial charge on any atom is -0.545 e. The molecule has 2 N–H and O–H groups in total. The van der Waals surface area contributed by atoms with Crippen molar-refractivity contribution in [3.8, 4) is 0 Å². The van der Waals surface area contributed by atoms with Crippen molar-refractivity contribution in [2.45, 2.75) is 13.0 Å². The van der Waals surface area contributed by atoms with Crippen molar-refractivity contribution in [1.29, 1.82) is 0 Å². The van der Waals surface area contributed by atoms with E-state index in [-0.39, 0.29) is 41.7 Å². The van der Waals surface area contributed by atoms with E-state index in [9.17, 15) is 9.90 Å². The first kappa shape index (κ1) is 17.0. The molecule has 0 heterocycles. The van der Waals surface area contributed by atoms with Crippen LogP contribution >= 0.6 is 0 Å². The van der Waals surface area contributed by atoms with Crippen molar-refractivity contribution < 1.29 is 49.7 Å². The van der Waals surface area contributed by atoms with Gasteiger partial charge in [-0.2, -0.15) is 0 Å². The number of carboxylic acids is 1. The summed E-state index contributed by atoms with van der Waals surface area (Å²) in [5.74, 6) is -1.13. The third-order valence-electron chi connectivity index (χ3n) is 1.27. The molecule has 0 saturated carbocycles. The SMILES string of the molecule is CC(O)CO.O=C([O-])c1ccccc1.[Na+]. The summed E-state index contributed by atoms with van der Waals surface area (Å²) < 4.78 is 0. The number of aliphatic hydroxyl groups excluding tert-OH is 2. The van der Waals surface area contributed by atoms with Gasteiger partial charge in [-0.05, 0) is 12.5 Å². The Labute approximate surface area is 111 Å². The summed E-state index contributed by atoms with van der Waals surface area (Å²) >= 11 is 0. The summed E-state index contributed by atoms with van der Waals surface area (Å²) in [6.07, 6.45) is -0.560. The number of carbonyl (C=O) groups excluding carboxylic acids is 1. The molecule has 1 rings (SSSR count). The van der Waals surface area contributed by atoms with Gasteiger partial charge in [0.15, 0.2) is 0 Å². The molecule has 0 aliphatic rings. The molecule has 1 aromatic carbocycles. The second-order valence-electron chi connectivity index (χ2n) is 2.69. The molecule has 1 aromatic rings. The molecular weight excluding hydrogens is 207 g/mol. The van der Waals surface area contributed by atoms with Crippen LogP contribution in [0.5, 0.6) is 0 Å². The minimum absolute atomic E-state index is 0. The zero-order valence-corrected chi connectivity index (χ0v) is 10.9. The summed E-state index contributed by atoms with van der Waals surface area (Å²) in [6, 6.07) is 8.06. The largest absolute Gasteiger partial charge is 1.00 e. The first-order valence-corrected chi connectivity index (χ1v) is 4.13. The number of carbonyl (C=O) groups is 1. The number of rotatable bonds is 2. The molecule has 0 saturated heterocycles. The van der Waals surface area contributed by atoms with E-state index in [0.717, 1.165) is 0 Å². The van der Waals surface area contributed by atoms with Crippen LogP contribution < -0.4 is 34.7 Å². The predicted molar refractivity (Wildman–Crippen MR) is 49.5 cm³/mol. The maximum atomic E-state index is 10.1. The van der Waals surface area contributed by atoms with Crippen LogP contribution in [0.1, 0.15) is 17.3 Å². The van der Waals surface area contributed by atoms with Crippen molar-refractivity contribution in [3.63, 3.8) is 0 Å². The topological polar surface area (TPSA) is 80.6 Å². The molecule has 78 valence electrons. The van der Waals surface area contributed by atoms with Gasteiger partial charge in [-0.1, -0.05) is 30.3 Å². The maximum Gasteiger partial charge on any atom is 1.00 e. The van der Waals surface area contributed by atoms with Crippen molar-refractivity contribution >= 4 is 5.97 Å². The van der Waals surface area contributed by atoms with Crippen LogP contribution in [-0.4, -0.2) is 28.9 Å². The van der Waals surface area contributed by atoms with Gasteiger partial charge in [0.05, 0.1) is 18.7 Å². The Kier molecular flexibility index (Phi) is 11.5. The molecule has 5 heteroatoms. The van der Waals surface area contributed by atoms with Crippen LogP contribution in [-0.2, 0) is 0 Å². The van der Waals surface area contributed by atoms with Crippen LogP contribution in [0.4, 0.5) is 0 Å². The number of aliphatic hydroxyl groups is 2. The van der Waals surface area contributed by atoms with E-state index in [1.807, 2.05) is 0 Å². The maximum absolute atomic E-state index is 10.1. The number of hydrogen-bond acceptors (Lipinski definition) is 4. The Morgan fingerprint density at radius 2 is 1.80 bits per heavy atom. The molecule has 0 aliphatic carbocycles. The molecule has 0 spiro atoms. The van der Waals surface area contributed by atoms with E-state index in [0.29, 0.717) is 0 Å². The van der Waals surface area contributed by atoms with E-state index < -0.39 is 12.1 Å².